The number of thiazole rings is 1. The maximum atomic E-state index is 4.58. The third-order valence-corrected chi connectivity index (χ3v) is 5.29. The monoisotopic (exact) mass is 352 g/mol. The van der Waals surface area contributed by atoms with E-state index in [0.717, 1.165) is 24.8 Å². The van der Waals surface area contributed by atoms with Crippen LogP contribution in [0.25, 0.3) is 0 Å². The molecule has 0 bridgehead atoms. The maximum absolute atomic E-state index is 4.58. The predicted molar refractivity (Wildman–Crippen MR) is 105 cm³/mol. The van der Waals surface area contributed by atoms with Crippen LogP contribution in [0.4, 0.5) is 5.13 Å². The van der Waals surface area contributed by atoms with E-state index in [-0.39, 0.29) is 6.04 Å². The van der Waals surface area contributed by atoms with Gasteiger partial charge < -0.3 is 10.2 Å². The van der Waals surface area contributed by atoms with Gasteiger partial charge in [0.25, 0.3) is 0 Å². The van der Waals surface area contributed by atoms with E-state index < -0.39 is 0 Å². The molecule has 0 saturated heterocycles. The molecule has 0 radical (unpaired) electrons. The highest BCUT2D eigenvalue weighted by Crippen LogP contribution is 2.25. The predicted octanol–water partition coefficient (Wildman–Crippen LogP) is 4.26. The molecule has 0 amide bonds. The number of hydrogen-bond acceptors (Lipinski definition) is 5. The van der Waals surface area contributed by atoms with Crippen molar-refractivity contribution in [3.8, 4) is 0 Å². The minimum absolute atomic E-state index is 0.142. The molecule has 0 aliphatic rings. The van der Waals surface area contributed by atoms with Gasteiger partial charge in [-0.15, -0.1) is 11.3 Å². The van der Waals surface area contributed by atoms with E-state index >= 15 is 0 Å². The van der Waals surface area contributed by atoms with E-state index in [1.165, 1.54) is 16.0 Å². The number of benzene rings is 1. The van der Waals surface area contributed by atoms with Crippen LogP contribution < -0.4 is 10.2 Å². The van der Waals surface area contributed by atoms with Gasteiger partial charge in [0, 0.05) is 43.1 Å². The number of nitrogens with one attached hydrogen (secondary N) is 1. The number of hydrogen-bond donors (Lipinski definition) is 1. The molecule has 1 unspecified atom stereocenters. The summed E-state index contributed by atoms with van der Waals surface area (Å²) < 4.78 is 0. The van der Waals surface area contributed by atoms with Gasteiger partial charge in [0.05, 0.1) is 6.04 Å². The van der Waals surface area contributed by atoms with Crippen LogP contribution in [0.2, 0.25) is 0 Å². The zero-order valence-electron chi connectivity index (χ0n) is 14.7. The molecule has 2 heterocycles. The smallest absolute Gasteiger partial charge is 0.185 e. The van der Waals surface area contributed by atoms with E-state index in [1.54, 1.807) is 11.3 Å². The van der Waals surface area contributed by atoms with Crippen LogP contribution in [-0.4, -0.2) is 23.1 Å². The van der Waals surface area contributed by atoms with Crippen molar-refractivity contribution in [2.75, 3.05) is 18.0 Å². The van der Waals surface area contributed by atoms with Crippen LogP contribution in [-0.2, 0) is 6.54 Å². The van der Waals surface area contributed by atoms with Gasteiger partial charge in [-0.3, -0.25) is 4.98 Å². The van der Waals surface area contributed by atoms with Gasteiger partial charge in [-0.25, -0.2) is 4.98 Å². The summed E-state index contributed by atoms with van der Waals surface area (Å²) in [5.41, 5.74) is 2.47. The Kier molecular flexibility index (Phi) is 6.14. The third kappa shape index (κ3) is 4.44. The van der Waals surface area contributed by atoms with Gasteiger partial charge >= 0.3 is 0 Å². The van der Waals surface area contributed by atoms with Crippen molar-refractivity contribution >= 4 is 16.5 Å². The van der Waals surface area contributed by atoms with Crippen LogP contribution in [0.5, 0.6) is 0 Å². The van der Waals surface area contributed by atoms with Crippen LogP contribution in [0, 0.1) is 0 Å². The molecule has 1 N–H and O–H groups in total. The summed E-state index contributed by atoms with van der Waals surface area (Å²) in [6, 6.07) is 14.8. The lowest BCUT2D eigenvalue weighted by Crippen LogP contribution is -2.22. The topological polar surface area (TPSA) is 41.1 Å². The first kappa shape index (κ1) is 17.6. The Morgan fingerprint density at radius 3 is 2.36 bits per heavy atom. The molecule has 3 rings (SSSR count). The second-order valence-electron chi connectivity index (χ2n) is 5.79. The lowest BCUT2D eigenvalue weighted by atomic mass is 10.00. The summed E-state index contributed by atoms with van der Waals surface area (Å²) in [6.45, 7) is 7.09. The van der Waals surface area contributed by atoms with Crippen LogP contribution in [0.1, 0.15) is 35.9 Å². The average Bonchev–Trinajstić information content (AvgIpc) is 3.13. The fraction of sp³-hybridized carbons (Fsp3) is 0.300. The van der Waals surface area contributed by atoms with E-state index in [4.69, 9.17) is 0 Å². The Hall–Kier alpha value is -2.24. The average molecular weight is 353 g/mol. The summed E-state index contributed by atoms with van der Waals surface area (Å²) in [6.07, 6.45) is 5.68. The highest BCUT2D eigenvalue weighted by molar-refractivity contribution is 7.15. The summed E-state index contributed by atoms with van der Waals surface area (Å²) in [5, 5.41) is 4.78. The molecular formula is C20H24N4S. The minimum Gasteiger partial charge on any atom is -0.349 e. The molecule has 1 aromatic carbocycles. The minimum atomic E-state index is 0.142. The quantitative estimate of drug-likeness (QED) is 0.657. The molecule has 2 aromatic heterocycles. The highest BCUT2D eigenvalue weighted by Gasteiger charge is 2.14. The maximum Gasteiger partial charge on any atom is 0.185 e. The first-order valence-corrected chi connectivity index (χ1v) is 9.51. The third-order valence-electron chi connectivity index (χ3n) is 4.23. The van der Waals surface area contributed by atoms with Crippen molar-refractivity contribution in [1.29, 1.82) is 0 Å². The molecule has 130 valence electrons. The Labute approximate surface area is 153 Å². The van der Waals surface area contributed by atoms with Gasteiger partial charge in [-0.2, -0.15) is 0 Å². The zero-order chi connectivity index (χ0) is 17.5. The Balaban J connectivity index is 1.76. The van der Waals surface area contributed by atoms with E-state index in [9.17, 15) is 0 Å². The summed E-state index contributed by atoms with van der Waals surface area (Å²) in [5.74, 6) is 0. The molecule has 1 atom stereocenters. The van der Waals surface area contributed by atoms with E-state index in [1.807, 2.05) is 24.7 Å². The second-order valence-corrected chi connectivity index (χ2v) is 6.88. The Morgan fingerprint density at radius 2 is 1.68 bits per heavy atom. The Bertz CT molecular complexity index is 714. The summed E-state index contributed by atoms with van der Waals surface area (Å²) in [4.78, 5) is 12.2. The molecule has 0 aliphatic carbocycles. The van der Waals surface area contributed by atoms with Gasteiger partial charge in [-0.1, -0.05) is 30.3 Å². The van der Waals surface area contributed by atoms with Crippen molar-refractivity contribution in [3.05, 3.63) is 77.1 Å². The first-order valence-electron chi connectivity index (χ1n) is 8.69. The van der Waals surface area contributed by atoms with Crippen molar-refractivity contribution in [2.45, 2.75) is 26.4 Å². The van der Waals surface area contributed by atoms with Crippen molar-refractivity contribution in [3.63, 3.8) is 0 Å². The van der Waals surface area contributed by atoms with Gasteiger partial charge in [0.2, 0.25) is 0 Å². The molecule has 0 saturated carbocycles. The fourth-order valence-corrected chi connectivity index (χ4v) is 3.84. The second kappa shape index (κ2) is 8.74. The number of aromatic nitrogens is 2. The number of anilines is 1. The molecule has 0 fully saturated rings. The fourth-order valence-electron chi connectivity index (χ4n) is 2.85. The number of rotatable bonds is 8. The van der Waals surface area contributed by atoms with Crippen LogP contribution in [0.3, 0.4) is 0 Å². The van der Waals surface area contributed by atoms with E-state index in [0.29, 0.717) is 0 Å². The highest BCUT2D eigenvalue weighted by atomic mass is 32.1. The normalized spacial score (nSPS) is 12.1. The van der Waals surface area contributed by atoms with E-state index in [2.05, 4.69) is 70.4 Å². The zero-order valence-corrected chi connectivity index (χ0v) is 15.5. The van der Waals surface area contributed by atoms with Gasteiger partial charge in [0.15, 0.2) is 5.13 Å². The number of nitrogens with zero attached hydrogens (tertiary/aromatic N) is 3. The molecule has 25 heavy (non-hydrogen) atoms. The molecular weight excluding hydrogens is 328 g/mol. The standard InChI is InChI=1S/C20H24N4S/c1-3-24(4-2)20-23-15-18(25-20)14-22-19(16-8-6-5-7-9-16)17-10-12-21-13-11-17/h5-13,15,19,22H,3-4,14H2,1-2H3. The van der Waals surface area contributed by atoms with Crippen molar-refractivity contribution in [1.82, 2.24) is 15.3 Å². The molecule has 4 nitrogen and oxygen atoms in total. The van der Waals surface area contributed by atoms with Crippen LogP contribution >= 0.6 is 11.3 Å². The van der Waals surface area contributed by atoms with Gasteiger partial charge in [0.1, 0.15) is 0 Å². The molecule has 0 aliphatic heterocycles. The number of pyridine rings is 1. The SMILES string of the molecule is CCN(CC)c1ncc(CNC(c2ccccc2)c2ccncc2)s1. The van der Waals surface area contributed by atoms with Crippen LogP contribution in [0.15, 0.2) is 61.1 Å². The largest absolute Gasteiger partial charge is 0.349 e. The van der Waals surface area contributed by atoms with Gasteiger partial charge in [-0.05, 0) is 37.1 Å². The Morgan fingerprint density at radius 1 is 1.00 bits per heavy atom. The molecule has 0 spiro atoms. The van der Waals surface area contributed by atoms with Crippen molar-refractivity contribution < 1.29 is 0 Å². The first-order chi connectivity index (χ1) is 12.3. The summed E-state index contributed by atoms with van der Waals surface area (Å²) >= 11 is 1.76. The summed E-state index contributed by atoms with van der Waals surface area (Å²) in [7, 11) is 0. The molecule has 3 aromatic rings. The molecule has 5 heteroatoms. The van der Waals surface area contributed by atoms with Crippen molar-refractivity contribution in [2.24, 2.45) is 0 Å². The lowest BCUT2D eigenvalue weighted by Gasteiger charge is -2.19. The lowest BCUT2D eigenvalue weighted by molar-refractivity contribution is 0.609.